The van der Waals surface area contributed by atoms with Crippen molar-refractivity contribution in [2.45, 2.75) is 38.8 Å². The van der Waals surface area contributed by atoms with Crippen LogP contribution in [0, 0.1) is 5.92 Å². The van der Waals surface area contributed by atoms with Crippen LogP contribution in [0.25, 0.3) is 16.5 Å². The summed E-state index contributed by atoms with van der Waals surface area (Å²) in [5.41, 5.74) is 5.17. The van der Waals surface area contributed by atoms with Crippen molar-refractivity contribution in [3.8, 4) is 0 Å². The summed E-state index contributed by atoms with van der Waals surface area (Å²) in [6, 6.07) is 7.02. The number of amides is 1. The number of hydrogen-bond acceptors (Lipinski definition) is 2. The van der Waals surface area contributed by atoms with Gasteiger partial charge in [0.25, 0.3) is 0 Å². The third kappa shape index (κ3) is 2.37. The van der Waals surface area contributed by atoms with Crippen LogP contribution in [0.5, 0.6) is 0 Å². The van der Waals surface area contributed by atoms with Crippen LogP contribution < -0.4 is 5.32 Å². The summed E-state index contributed by atoms with van der Waals surface area (Å²) < 4.78 is 0. The standard InChI is InChI=1S/C20H25N3O/c1-4-12(2)22-20(24)14-8-16-15-6-5-7-17-19(15)13(10-21-17)9-18(16)23(3)11-14/h5-8,10,12,14,18,21H,4,9,11H2,1-3H3,(H,22,24)/t12-,14-,18-/m1/s1. The van der Waals surface area contributed by atoms with Gasteiger partial charge in [0, 0.05) is 35.7 Å². The third-order valence-electron chi connectivity index (χ3n) is 5.61. The number of carbonyl (C=O) groups is 1. The maximum atomic E-state index is 12.6. The quantitative estimate of drug-likeness (QED) is 0.912. The molecule has 4 rings (SSSR count). The van der Waals surface area contributed by atoms with Crippen LogP contribution in [0.15, 0.2) is 30.5 Å². The fraction of sp³-hybridized carbons (Fsp3) is 0.450. The van der Waals surface area contributed by atoms with Crippen molar-refractivity contribution < 1.29 is 4.79 Å². The number of likely N-dealkylation sites (N-methyl/N-ethyl adjacent to an activating group) is 1. The van der Waals surface area contributed by atoms with Crippen molar-refractivity contribution >= 4 is 22.4 Å². The average molecular weight is 323 g/mol. The van der Waals surface area contributed by atoms with Crippen LogP contribution in [0.1, 0.15) is 31.4 Å². The molecular weight excluding hydrogens is 298 g/mol. The molecule has 126 valence electrons. The molecule has 0 unspecified atom stereocenters. The van der Waals surface area contributed by atoms with E-state index in [2.05, 4.69) is 66.6 Å². The van der Waals surface area contributed by atoms with Gasteiger partial charge in [-0.15, -0.1) is 0 Å². The van der Waals surface area contributed by atoms with Gasteiger partial charge >= 0.3 is 0 Å². The Kier molecular flexibility index (Phi) is 3.72. The Labute approximate surface area is 142 Å². The molecule has 1 amide bonds. The van der Waals surface area contributed by atoms with Gasteiger partial charge in [-0.1, -0.05) is 25.1 Å². The molecular formula is C20H25N3O. The largest absolute Gasteiger partial charge is 0.361 e. The topological polar surface area (TPSA) is 48.1 Å². The molecule has 1 aliphatic carbocycles. The van der Waals surface area contributed by atoms with Gasteiger partial charge in [0.15, 0.2) is 0 Å². The highest BCUT2D eigenvalue weighted by molar-refractivity contribution is 5.99. The number of nitrogens with one attached hydrogen (secondary N) is 2. The number of aromatic amines is 1. The first kappa shape index (κ1) is 15.5. The van der Waals surface area contributed by atoms with E-state index in [1.165, 1.54) is 27.6 Å². The second-order valence-corrected chi connectivity index (χ2v) is 7.25. The summed E-state index contributed by atoms with van der Waals surface area (Å²) >= 11 is 0. The van der Waals surface area contributed by atoms with Gasteiger partial charge < -0.3 is 10.3 Å². The number of carbonyl (C=O) groups excluding carboxylic acids is 1. The lowest BCUT2D eigenvalue weighted by Gasteiger charge is -2.39. The smallest absolute Gasteiger partial charge is 0.228 e. The Bertz CT molecular complexity index is 819. The minimum Gasteiger partial charge on any atom is -0.361 e. The van der Waals surface area contributed by atoms with E-state index in [1.807, 2.05) is 0 Å². The Morgan fingerprint density at radius 2 is 2.29 bits per heavy atom. The molecule has 2 aromatic rings. The van der Waals surface area contributed by atoms with Crippen LogP contribution in [0.2, 0.25) is 0 Å². The average Bonchev–Trinajstić information content (AvgIpc) is 3.00. The Morgan fingerprint density at radius 1 is 1.46 bits per heavy atom. The zero-order valence-electron chi connectivity index (χ0n) is 14.6. The van der Waals surface area contributed by atoms with Crippen LogP contribution in [0.4, 0.5) is 0 Å². The van der Waals surface area contributed by atoms with Crippen LogP contribution in [-0.2, 0) is 11.2 Å². The zero-order valence-corrected chi connectivity index (χ0v) is 14.6. The van der Waals surface area contributed by atoms with Gasteiger partial charge in [0.1, 0.15) is 0 Å². The van der Waals surface area contributed by atoms with Gasteiger partial charge in [-0.3, -0.25) is 9.69 Å². The van der Waals surface area contributed by atoms with Crippen molar-refractivity contribution in [3.05, 3.63) is 41.6 Å². The summed E-state index contributed by atoms with van der Waals surface area (Å²) in [6.45, 7) is 4.95. The summed E-state index contributed by atoms with van der Waals surface area (Å²) in [7, 11) is 2.14. The number of rotatable bonds is 3. The van der Waals surface area contributed by atoms with Crippen molar-refractivity contribution in [3.63, 3.8) is 0 Å². The predicted molar refractivity (Wildman–Crippen MR) is 97.8 cm³/mol. The first-order valence-electron chi connectivity index (χ1n) is 8.90. The molecule has 4 nitrogen and oxygen atoms in total. The molecule has 0 spiro atoms. The number of benzene rings is 1. The Morgan fingerprint density at radius 3 is 3.08 bits per heavy atom. The van der Waals surface area contributed by atoms with Gasteiger partial charge in [-0.05, 0) is 49.6 Å². The van der Waals surface area contributed by atoms with Crippen LogP contribution in [0.3, 0.4) is 0 Å². The summed E-state index contributed by atoms with van der Waals surface area (Å²) in [4.78, 5) is 18.4. The van der Waals surface area contributed by atoms with Crippen LogP contribution in [-0.4, -0.2) is 41.5 Å². The minimum absolute atomic E-state index is 0.0778. The summed E-state index contributed by atoms with van der Waals surface area (Å²) in [5, 5.41) is 4.47. The highest BCUT2D eigenvalue weighted by Gasteiger charge is 2.35. The molecule has 2 aliphatic rings. The SMILES string of the molecule is CC[C@@H](C)NC(=O)[C@@H]1C=C2c3cccc4[nH]cc(c34)C[C@H]2N(C)C1. The lowest BCUT2D eigenvalue weighted by molar-refractivity contribution is -0.124. The minimum atomic E-state index is -0.0778. The summed E-state index contributed by atoms with van der Waals surface area (Å²) in [5.74, 6) is 0.0696. The number of hydrogen-bond donors (Lipinski definition) is 2. The van der Waals surface area contributed by atoms with Crippen LogP contribution >= 0.6 is 0 Å². The molecule has 1 aliphatic heterocycles. The highest BCUT2D eigenvalue weighted by Crippen LogP contribution is 2.40. The van der Waals surface area contributed by atoms with Gasteiger partial charge in [-0.2, -0.15) is 0 Å². The molecule has 2 heterocycles. The van der Waals surface area contributed by atoms with Crippen molar-refractivity contribution in [1.82, 2.24) is 15.2 Å². The van der Waals surface area contributed by atoms with Gasteiger partial charge in [-0.25, -0.2) is 0 Å². The number of aromatic nitrogens is 1. The summed E-state index contributed by atoms with van der Waals surface area (Å²) in [6.07, 6.45) is 6.33. The highest BCUT2D eigenvalue weighted by atomic mass is 16.2. The van der Waals surface area contributed by atoms with Crippen molar-refractivity contribution in [2.24, 2.45) is 5.92 Å². The second kappa shape index (κ2) is 5.78. The molecule has 2 N–H and O–H groups in total. The van der Waals surface area contributed by atoms with E-state index in [0.29, 0.717) is 6.04 Å². The normalized spacial score (nSPS) is 24.4. The molecule has 0 bridgehead atoms. The van der Waals surface area contributed by atoms with Crippen molar-refractivity contribution in [2.75, 3.05) is 13.6 Å². The Hall–Kier alpha value is -2.07. The van der Waals surface area contributed by atoms with E-state index in [9.17, 15) is 4.79 Å². The molecule has 0 saturated heterocycles. The molecule has 0 fully saturated rings. The molecule has 1 aromatic carbocycles. The first-order valence-corrected chi connectivity index (χ1v) is 8.90. The zero-order chi connectivity index (χ0) is 16.8. The monoisotopic (exact) mass is 323 g/mol. The molecule has 3 atom stereocenters. The fourth-order valence-corrected chi connectivity index (χ4v) is 4.07. The first-order chi connectivity index (χ1) is 11.6. The van der Waals surface area contributed by atoms with Gasteiger partial charge in [0.2, 0.25) is 5.91 Å². The lowest BCUT2D eigenvalue weighted by Crippen LogP contribution is -2.47. The maximum absolute atomic E-state index is 12.6. The van der Waals surface area contributed by atoms with E-state index in [0.717, 1.165) is 19.4 Å². The Balaban J connectivity index is 1.75. The van der Waals surface area contributed by atoms with E-state index in [-0.39, 0.29) is 17.9 Å². The molecule has 1 aromatic heterocycles. The van der Waals surface area contributed by atoms with Gasteiger partial charge in [0.05, 0.1) is 5.92 Å². The second-order valence-electron chi connectivity index (χ2n) is 7.25. The number of fused-ring (bicyclic) bond motifs is 2. The van der Waals surface area contributed by atoms with E-state index in [4.69, 9.17) is 0 Å². The van der Waals surface area contributed by atoms with E-state index in [1.54, 1.807) is 0 Å². The fourth-order valence-electron chi connectivity index (χ4n) is 4.07. The van der Waals surface area contributed by atoms with E-state index < -0.39 is 0 Å². The van der Waals surface area contributed by atoms with E-state index >= 15 is 0 Å². The lowest BCUT2D eigenvalue weighted by atomic mass is 9.80. The molecule has 0 saturated carbocycles. The maximum Gasteiger partial charge on any atom is 0.228 e. The predicted octanol–water partition coefficient (Wildman–Crippen LogP) is 2.95. The number of H-pyrrole nitrogens is 1. The van der Waals surface area contributed by atoms with Crippen molar-refractivity contribution in [1.29, 1.82) is 0 Å². The molecule has 0 radical (unpaired) electrons. The molecule has 4 heteroatoms. The number of nitrogens with zero attached hydrogens (tertiary/aromatic N) is 1. The molecule has 24 heavy (non-hydrogen) atoms. The third-order valence-corrected chi connectivity index (χ3v) is 5.61.